The molecule has 0 bridgehead atoms. The van der Waals surface area contributed by atoms with Crippen molar-refractivity contribution in [3.63, 3.8) is 0 Å². The first-order valence-corrected chi connectivity index (χ1v) is 7.97. The molecule has 3 aromatic rings. The highest BCUT2D eigenvalue weighted by Gasteiger charge is 2.19. The second-order valence-electron chi connectivity index (χ2n) is 5.76. The number of carbonyl (C=O) groups is 1. The molecule has 0 saturated carbocycles. The molecular weight excluding hydrogens is 318 g/mol. The highest BCUT2D eigenvalue weighted by Crippen LogP contribution is 2.18. The molecule has 7 nitrogen and oxygen atoms in total. The van der Waals surface area contributed by atoms with E-state index in [9.17, 15) is 9.59 Å². The molecule has 1 amide bonds. The number of nitrogens with zero attached hydrogens (tertiary/aromatic N) is 5. The first kappa shape index (κ1) is 16.6. The van der Waals surface area contributed by atoms with E-state index >= 15 is 0 Å². The number of benzene rings is 2. The third kappa shape index (κ3) is 3.50. The van der Waals surface area contributed by atoms with Crippen LogP contribution in [0.4, 0.5) is 0 Å². The standard InChI is InChI=1S/C18H19N5O2/c1-14(15-9-5-3-6-10-15)21(2)17(24)13-22-18(25)23(20-19-22)16-11-7-4-8-12-16/h3-12,14H,13H2,1-2H3/t14-/m1/s1. The average molecular weight is 337 g/mol. The summed E-state index contributed by atoms with van der Waals surface area (Å²) in [5.41, 5.74) is 1.19. The van der Waals surface area contributed by atoms with E-state index in [2.05, 4.69) is 10.4 Å². The topological polar surface area (TPSA) is 73.0 Å². The fraction of sp³-hybridized carbons (Fsp3) is 0.222. The summed E-state index contributed by atoms with van der Waals surface area (Å²) in [7, 11) is 1.71. The van der Waals surface area contributed by atoms with Gasteiger partial charge in [-0.15, -0.1) is 0 Å². The second kappa shape index (κ2) is 7.12. The Kier molecular flexibility index (Phi) is 4.74. The number of hydrogen-bond acceptors (Lipinski definition) is 4. The van der Waals surface area contributed by atoms with Crippen molar-refractivity contribution in [3.8, 4) is 5.69 Å². The van der Waals surface area contributed by atoms with Crippen molar-refractivity contribution < 1.29 is 4.79 Å². The zero-order valence-corrected chi connectivity index (χ0v) is 14.1. The van der Waals surface area contributed by atoms with E-state index < -0.39 is 5.69 Å². The van der Waals surface area contributed by atoms with Crippen molar-refractivity contribution in [1.82, 2.24) is 24.7 Å². The van der Waals surface area contributed by atoms with Crippen LogP contribution in [0.2, 0.25) is 0 Å². The van der Waals surface area contributed by atoms with E-state index in [4.69, 9.17) is 0 Å². The summed E-state index contributed by atoms with van der Waals surface area (Å²) < 4.78 is 2.25. The molecule has 128 valence electrons. The van der Waals surface area contributed by atoms with E-state index in [1.165, 1.54) is 4.68 Å². The molecule has 1 atom stereocenters. The molecule has 0 saturated heterocycles. The minimum Gasteiger partial charge on any atom is -0.337 e. The van der Waals surface area contributed by atoms with Gasteiger partial charge in [0.1, 0.15) is 6.54 Å². The van der Waals surface area contributed by atoms with E-state index in [1.54, 1.807) is 36.2 Å². The van der Waals surface area contributed by atoms with Crippen molar-refractivity contribution >= 4 is 5.91 Å². The van der Waals surface area contributed by atoms with Gasteiger partial charge in [0.2, 0.25) is 5.91 Å². The van der Waals surface area contributed by atoms with E-state index in [-0.39, 0.29) is 18.5 Å². The maximum Gasteiger partial charge on any atom is 0.368 e. The predicted octanol–water partition coefficient (Wildman–Crippen LogP) is 1.65. The fourth-order valence-electron chi connectivity index (χ4n) is 2.52. The van der Waals surface area contributed by atoms with Crippen LogP contribution in [0.1, 0.15) is 18.5 Å². The molecule has 0 aliphatic carbocycles. The molecule has 25 heavy (non-hydrogen) atoms. The molecule has 0 unspecified atom stereocenters. The summed E-state index contributed by atoms with van der Waals surface area (Å²) in [6.07, 6.45) is 0. The minimum absolute atomic E-state index is 0.103. The number of amides is 1. The van der Waals surface area contributed by atoms with Gasteiger partial charge in [0.25, 0.3) is 0 Å². The highest BCUT2D eigenvalue weighted by molar-refractivity contribution is 5.76. The largest absolute Gasteiger partial charge is 0.368 e. The van der Waals surface area contributed by atoms with Crippen LogP contribution in [-0.2, 0) is 11.3 Å². The van der Waals surface area contributed by atoms with Gasteiger partial charge in [-0.25, -0.2) is 4.79 Å². The third-order valence-electron chi connectivity index (χ3n) is 4.18. The molecule has 0 aliphatic rings. The van der Waals surface area contributed by atoms with Crippen LogP contribution in [0.5, 0.6) is 0 Å². The molecular formula is C18H19N5O2. The number of hydrogen-bond donors (Lipinski definition) is 0. The van der Waals surface area contributed by atoms with Crippen LogP contribution in [0.3, 0.4) is 0 Å². The summed E-state index contributed by atoms with van der Waals surface area (Å²) in [5.74, 6) is -0.210. The second-order valence-corrected chi connectivity index (χ2v) is 5.76. The molecule has 0 aliphatic heterocycles. The fourth-order valence-corrected chi connectivity index (χ4v) is 2.52. The van der Waals surface area contributed by atoms with Crippen molar-refractivity contribution in [2.45, 2.75) is 19.5 Å². The minimum atomic E-state index is -0.444. The predicted molar refractivity (Wildman–Crippen MR) is 93.2 cm³/mol. The maximum absolute atomic E-state index is 12.5. The Morgan fingerprint density at radius 2 is 1.64 bits per heavy atom. The quantitative estimate of drug-likeness (QED) is 0.710. The number of para-hydroxylation sites is 1. The van der Waals surface area contributed by atoms with Crippen LogP contribution in [0.25, 0.3) is 5.69 Å². The van der Waals surface area contributed by atoms with Gasteiger partial charge >= 0.3 is 5.69 Å². The lowest BCUT2D eigenvalue weighted by atomic mass is 10.1. The summed E-state index contributed by atoms with van der Waals surface area (Å²) in [6.45, 7) is 1.79. The molecule has 3 rings (SSSR count). The normalized spacial score (nSPS) is 11.9. The summed E-state index contributed by atoms with van der Waals surface area (Å²) in [4.78, 5) is 26.5. The molecule has 0 N–H and O–H groups in total. The Labute approximate surface area is 145 Å². The molecule has 1 heterocycles. The molecule has 7 heteroatoms. The van der Waals surface area contributed by atoms with Crippen molar-refractivity contribution in [2.24, 2.45) is 0 Å². The summed E-state index contributed by atoms with van der Waals surface area (Å²) in [6, 6.07) is 18.6. The average Bonchev–Trinajstić information content (AvgIpc) is 3.02. The number of likely N-dealkylation sites (N-methyl/N-ethyl adjacent to an activating group) is 1. The number of tetrazole rings is 1. The summed E-state index contributed by atoms with van der Waals surface area (Å²) >= 11 is 0. The Morgan fingerprint density at radius 1 is 1.04 bits per heavy atom. The lowest BCUT2D eigenvalue weighted by molar-refractivity contribution is -0.132. The van der Waals surface area contributed by atoms with Gasteiger partial charge in [-0.3, -0.25) is 4.79 Å². The molecule has 0 radical (unpaired) electrons. The number of aromatic nitrogens is 4. The van der Waals surface area contributed by atoms with E-state index in [0.29, 0.717) is 5.69 Å². The van der Waals surface area contributed by atoms with Gasteiger partial charge in [0, 0.05) is 7.05 Å². The van der Waals surface area contributed by atoms with E-state index in [0.717, 1.165) is 10.2 Å². The van der Waals surface area contributed by atoms with Crippen LogP contribution in [-0.4, -0.2) is 37.6 Å². The lowest BCUT2D eigenvalue weighted by Crippen LogP contribution is -2.36. The lowest BCUT2D eigenvalue weighted by Gasteiger charge is -2.25. The van der Waals surface area contributed by atoms with Gasteiger partial charge in [-0.2, -0.15) is 9.36 Å². The SMILES string of the molecule is C[C@H](c1ccccc1)N(C)C(=O)Cn1nnn(-c2ccccc2)c1=O. The van der Waals surface area contributed by atoms with Crippen LogP contribution >= 0.6 is 0 Å². The molecule has 2 aromatic carbocycles. The Bertz CT molecular complexity index is 902. The van der Waals surface area contributed by atoms with Crippen molar-refractivity contribution in [3.05, 3.63) is 76.7 Å². The Balaban J connectivity index is 1.75. The monoisotopic (exact) mass is 337 g/mol. The van der Waals surface area contributed by atoms with Crippen LogP contribution in [0, 0.1) is 0 Å². The third-order valence-corrected chi connectivity index (χ3v) is 4.18. The van der Waals surface area contributed by atoms with Crippen molar-refractivity contribution in [2.75, 3.05) is 7.05 Å². The highest BCUT2D eigenvalue weighted by atomic mass is 16.2. The first-order valence-electron chi connectivity index (χ1n) is 7.97. The van der Waals surface area contributed by atoms with Gasteiger partial charge < -0.3 is 4.90 Å². The Hall–Kier alpha value is -3.22. The van der Waals surface area contributed by atoms with Gasteiger partial charge in [0.05, 0.1) is 11.7 Å². The molecule has 1 aromatic heterocycles. The van der Waals surface area contributed by atoms with Crippen LogP contribution in [0.15, 0.2) is 65.5 Å². The van der Waals surface area contributed by atoms with Crippen LogP contribution < -0.4 is 5.69 Å². The van der Waals surface area contributed by atoms with Gasteiger partial charge in [-0.05, 0) is 35.0 Å². The zero-order valence-electron chi connectivity index (χ0n) is 14.1. The van der Waals surface area contributed by atoms with E-state index in [1.807, 2.05) is 43.3 Å². The number of carbonyl (C=O) groups excluding carboxylic acids is 1. The smallest absolute Gasteiger partial charge is 0.337 e. The molecule has 0 fully saturated rings. The first-order chi connectivity index (χ1) is 12.1. The Morgan fingerprint density at radius 3 is 2.28 bits per heavy atom. The van der Waals surface area contributed by atoms with Gasteiger partial charge in [-0.1, -0.05) is 48.5 Å². The maximum atomic E-state index is 12.5. The summed E-state index contributed by atoms with van der Waals surface area (Å²) in [5, 5.41) is 7.66. The molecule has 0 spiro atoms. The number of rotatable bonds is 5. The van der Waals surface area contributed by atoms with Gasteiger partial charge in [0.15, 0.2) is 0 Å². The van der Waals surface area contributed by atoms with Crippen molar-refractivity contribution in [1.29, 1.82) is 0 Å². The zero-order chi connectivity index (χ0) is 17.8.